The third-order valence-corrected chi connectivity index (χ3v) is 3.68. The fourth-order valence-electron chi connectivity index (χ4n) is 2.42. The normalized spacial score (nSPS) is 10.4. The van der Waals surface area contributed by atoms with Crippen molar-refractivity contribution in [2.24, 2.45) is 0 Å². The summed E-state index contributed by atoms with van der Waals surface area (Å²) in [5.41, 5.74) is 1.43. The first-order chi connectivity index (χ1) is 12.1. The van der Waals surface area contributed by atoms with Crippen molar-refractivity contribution in [3.05, 3.63) is 66.4 Å². The number of benzene rings is 2. The van der Waals surface area contributed by atoms with E-state index >= 15 is 0 Å². The van der Waals surface area contributed by atoms with E-state index in [1.807, 2.05) is 6.07 Å². The summed E-state index contributed by atoms with van der Waals surface area (Å²) >= 11 is 0. The van der Waals surface area contributed by atoms with E-state index in [-0.39, 0.29) is 5.56 Å². The Bertz CT molecular complexity index is 883. The Hall–Kier alpha value is -3.15. The molecule has 0 atom stereocenters. The fraction of sp³-hybridized carbons (Fsp3) is 0.105. The van der Waals surface area contributed by atoms with Crippen LogP contribution in [0.1, 0.15) is 0 Å². The summed E-state index contributed by atoms with van der Waals surface area (Å²) in [6, 6.07) is 12.8. The van der Waals surface area contributed by atoms with E-state index in [2.05, 4.69) is 10.3 Å². The van der Waals surface area contributed by atoms with Gasteiger partial charge in [0.15, 0.2) is 23.1 Å². The SMILES string of the molecule is COc1ccc(Nc2ccc(-c3cccc(F)c3F)cn2)cc1OC. The molecule has 3 aromatic rings. The molecular weight excluding hydrogens is 326 g/mol. The Kier molecular flexibility index (Phi) is 4.79. The molecule has 0 radical (unpaired) electrons. The summed E-state index contributed by atoms with van der Waals surface area (Å²) in [6.07, 6.45) is 1.49. The maximum absolute atomic E-state index is 13.8. The van der Waals surface area contributed by atoms with Gasteiger partial charge >= 0.3 is 0 Å². The van der Waals surface area contributed by atoms with Gasteiger partial charge in [0.2, 0.25) is 0 Å². The molecule has 4 nitrogen and oxygen atoms in total. The quantitative estimate of drug-likeness (QED) is 0.724. The minimum absolute atomic E-state index is 0.171. The lowest BCUT2D eigenvalue weighted by Gasteiger charge is -2.11. The Morgan fingerprint density at radius 1 is 0.920 bits per heavy atom. The van der Waals surface area contributed by atoms with E-state index in [4.69, 9.17) is 9.47 Å². The molecule has 0 aliphatic carbocycles. The number of halogens is 2. The molecule has 0 unspecified atom stereocenters. The molecule has 1 N–H and O–H groups in total. The monoisotopic (exact) mass is 342 g/mol. The summed E-state index contributed by atoms with van der Waals surface area (Å²) in [6.45, 7) is 0. The van der Waals surface area contributed by atoms with Gasteiger partial charge in [0.25, 0.3) is 0 Å². The van der Waals surface area contributed by atoms with E-state index in [9.17, 15) is 8.78 Å². The molecule has 0 bridgehead atoms. The van der Waals surface area contributed by atoms with Gasteiger partial charge in [0, 0.05) is 29.1 Å². The highest BCUT2D eigenvalue weighted by Gasteiger charge is 2.10. The van der Waals surface area contributed by atoms with Gasteiger partial charge in [-0.2, -0.15) is 0 Å². The fourth-order valence-corrected chi connectivity index (χ4v) is 2.42. The summed E-state index contributed by atoms with van der Waals surface area (Å²) in [4.78, 5) is 4.25. The van der Waals surface area contributed by atoms with Gasteiger partial charge in [0.05, 0.1) is 14.2 Å². The predicted octanol–water partition coefficient (Wildman–Crippen LogP) is 4.79. The molecule has 0 saturated heterocycles. The molecule has 128 valence electrons. The zero-order chi connectivity index (χ0) is 17.8. The number of anilines is 2. The predicted molar refractivity (Wildman–Crippen MR) is 92.4 cm³/mol. The van der Waals surface area contributed by atoms with Crippen molar-refractivity contribution in [1.82, 2.24) is 4.98 Å². The highest BCUT2D eigenvalue weighted by Crippen LogP contribution is 2.31. The molecule has 0 saturated carbocycles. The maximum atomic E-state index is 13.8. The number of ether oxygens (including phenoxy) is 2. The topological polar surface area (TPSA) is 43.4 Å². The minimum Gasteiger partial charge on any atom is -0.493 e. The number of methoxy groups -OCH3 is 2. The Labute approximate surface area is 144 Å². The highest BCUT2D eigenvalue weighted by molar-refractivity contribution is 5.67. The summed E-state index contributed by atoms with van der Waals surface area (Å²) in [5.74, 6) is 0.00611. The summed E-state index contributed by atoms with van der Waals surface area (Å²) in [5, 5.41) is 3.12. The van der Waals surface area contributed by atoms with Crippen molar-refractivity contribution in [2.75, 3.05) is 19.5 Å². The molecule has 25 heavy (non-hydrogen) atoms. The summed E-state index contributed by atoms with van der Waals surface area (Å²) in [7, 11) is 3.12. The molecule has 6 heteroatoms. The second kappa shape index (κ2) is 7.17. The molecule has 2 aromatic carbocycles. The van der Waals surface area contributed by atoms with Gasteiger partial charge in [-0.3, -0.25) is 0 Å². The van der Waals surface area contributed by atoms with Crippen LogP contribution in [-0.2, 0) is 0 Å². The number of hydrogen-bond donors (Lipinski definition) is 1. The number of rotatable bonds is 5. The maximum Gasteiger partial charge on any atom is 0.166 e. The van der Waals surface area contributed by atoms with Crippen LogP contribution < -0.4 is 14.8 Å². The van der Waals surface area contributed by atoms with Crippen molar-refractivity contribution in [3.63, 3.8) is 0 Å². The smallest absolute Gasteiger partial charge is 0.166 e. The van der Waals surface area contributed by atoms with Gasteiger partial charge in [-0.25, -0.2) is 13.8 Å². The molecule has 3 rings (SSSR count). The lowest BCUT2D eigenvalue weighted by atomic mass is 10.1. The Balaban J connectivity index is 1.82. The first-order valence-corrected chi connectivity index (χ1v) is 7.52. The molecular formula is C19H16F2N2O2. The van der Waals surface area contributed by atoms with Crippen LogP contribution in [0.2, 0.25) is 0 Å². The third-order valence-electron chi connectivity index (χ3n) is 3.68. The first-order valence-electron chi connectivity index (χ1n) is 7.52. The Morgan fingerprint density at radius 3 is 2.40 bits per heavy atom. The van der Waals surface area contributed by atoms with Crippen molar-refractivity contribution < 1.29 is 18.3 Å². The number of aromatic nitrogens is 1. The molecule has 0 aliphatic rings. The number of hydrogen-bond acceptors (Lipinski definition) is 4. The molecule has 0 aliphatic heterocycles. The van der Waals surface area contributed by atoms with Crippen LogP contribution in [0.3, 0.4) is 0 Å². The van der Waals surface area contributed by atoms with Crippen molar-refractivity contribution in [1.29, 1.82) is 0 Å². The van der Waals surface area contributed by atoms with Gasteiger partial charge in [0.1, 0.15) is 5.82 Å². The number of nitrogens with zero attached hydrogens (tertiary/aromatic N) is 1. The average molecular weight is 342 g/mol. The standard InChI is InChI=1S/C19H16F2N2O2/c1-24-16-8-7-13(10-17(16)25-2)23-18-9-6-12(11-22-18)14-4-3-5-15(20)19(14)21/h3-11H,1-2H3,(H,22,23). The van der Waals surface area contributed by atoms with E-state index in [0.717, 1.165) is 11.8 Å². The van der Waals surface area contributed by atoms with Crippen LogP contribution in [0.4, 0.5) is 20.3 Å². The average Bonchev–Trinajstić information content (AvgIpc) is 2.64. The van der Waals surface area contributed by atoms with E-state index in [0.29, 0.717) is 22.9 Å². The van der Waals surface area contributed by atoms with E-state index in [1.54, 1.807) is 38.5 Å². The number of nitrogens with one attached hydrogen (secondary N) is 1. The van der Waals surface area contributed by atoms with Crippen LogP contribution in [0.5, 0.6) is 11.5 Å². The highest BCUT2D eigenvalue weighted by atomic mass is 19.2. The second-order valence-electron chi connectivity index (χ2n) is 5.23. The minimum atomic E-state index is -0.884. The van der Waals surface area contributed by atoms with Crippen molar-refractivity contribution >= 4 is 11.5 Å². The van der Waals surface area contributed by atoms with E-state index in [1.165, 1.54) is 18.3 Å². The van der Waals surface area contributed by atoms with Gasteiger partial charge in [-0.1, -0.05) is 12.1 Å². The summed E-state index contributed by atoms with van der Waals surface area (Å²) < 4.78 is 37.6. The van der Waals surface area contributed by atoms with Crippen LogP contribution in [0, 0.1) is 11.6 Å². The van der Waals surface area contributed by atoms with Crippen LogP contribution in [-0.4, -0.2) is 19.2 Å². The van der Waals surface area contributed by atoms with E-state index < -0.39 is 11.6 Å². The lowest BCUT2D eigenvalue weighted by molar-refractivity contribution is 0.355. The number of pyridine rings is 1. The van der Waals surface area contributed by atoms with Crippen LogP contribution >= 0.6 is 0 Å². The Morgan fingerprint density at radius 2 is 1.72 bits per heavy atom. The van der Waals surface area contributed by atoms with Crippen molar-refractivity contribution in [3.8, 4) is 22.6 Å². The molecule has 0 fully saturated rings. The van der Waals surface area contributed by atoms with Crippen LogP contribution in [0.25, 0.3) is 11.1 Å². The molecule has 0 amide bonds. The second-order valence-corrected chi connectivity index (χ2v) is 5.23. The van der Waals surface area contributed by atoms with Crippen molar-refractivity contribution in [2.45, 2.75) is 0 Å². The third kappa shape index (κ3) is 3.52. The van der Waals surface area contributed by atoms with Gasteiger partial charge in [-0.05, 0) is 30.3 Å². The van der Waals surface area contributed by atoms with Crippen LogP contribution in [0.15, 0.2) is 54.7 Å². The zero-order valence-corrected chi connectivity index (χ0v) is 13.7. The zero-order valence-electron chi connectivity index (χ0n) is 13.7. The van der Waals surface area contributed by atoms with Gasteiger partial charge in [-0.15, -0.1) is 0 Å². The molecule has 0 spiro atoms. The first kappa shape index (κ1) is 16.7. The largest absolute Gasteiger partial charge is 0.493 e. The van der Waals surface area contributed by atoms with Gasteiger partial charge < -0.3 is 14.8 Å². The molecule has 1 heterocycles. The lowest BCUT2D eigenvalue weighted by Crippen LogP contribution is -1.96. The molecule has 1 aromatic heterocycles.